The second kappa shape index (κ2) is 10.6. The summed E-state index contributed by atoms with van der Waals surface area (Å²) in [5.74, 6) is -1.63. The number of ether oxygens (including phenoxy) is 1. The fourth-order valence-electron chi connectivity index (χ4n) is 4.31. The van der Waals surface area contributed by atoms with Crippen LogP contribution in [0.5, 0.6) is 5.75 Å². The lowest BCUT2D eigenvalue weighted by molar-refractivity contribution is -0.0498. The molecule has 0 saturated heterocycles. The first kappa shape index (κ1) is 25.7. The van der Waals surface area contributed by atoms with Crippen molar-refractivity contribution in [1.29, 1.82) is 0 Å². The number of halogens is 3. The molecule has 0 spiro atoms. The highest BCUT2D eigenvalue weighted by Gasteiger charge is 2.55. The minimum atomic E-state index is -4.55. The molecule has 182 valence electrons. The first-order chi connectivity index (χ1) is 16.1. The van der Waals surface area contributed by atoms with E-state index in [2.05, 4.69) is 4.74 Å². The molecule has 0 aliphatic rings. The average molecular weight is 495 g/mol. The average Bonchev–Trinajstić information content (AvgIpc) is 2.80. The molecule has 3 atom stereocenters. The maximum Gasteiger partial charge on any atom is 0.387 e. The van der Waals surface area contributed by atoms with Crippen molar-refractivity contribution in [2.75, 3.05) is 6.54 Å². The van der Waals surface area contributed by atoms with Crippen molar-refractivity contribution in [1.82, 2.24) is 0 Å². The smallest absolute Gasteiger partial charge is 0.387 e. The molecule has 5 N–H and O–H groups in total. The van der Waals surface area contributed by atoms with Crippen molar-refractivity contribution in [3.8, 4) is 5.75 Å². The third-order valence-electron chi connectivity index (χ3n) is 5.79. The monoisotopic (exact) mass is 494 g/mol. The molecule has 6 nitrogen and oxygen atoms in total. The predicted molar refractivity (Wildman–Crippen MR) is 122 cm³/mol. The summed E-state index contributed by atoms with van der Waals surface area (Å²) in [6, 6.07) is 18.8. The molecule has 0 bridgehead atoms. The van der Waals surface area contributed by atoms with Gasteiger partial charge >= 0.3 is 6.61 Å². The Morgan fingerprint density at radius 3 is 2.03 bits per heavy atom. The second-order valence-corrected chi connectivity index (χ2v) is 9.55. The fourth-order valence-corrected chi connectivity index (χ4v) is 5.86. The molecule has 10 heteroatoms. The summed E-state index contributed by atoms with van der Waals surface area (Å²) in [5, 5.41) is 16.9. The summed E-state index contributed by atoms with van der Waals surface area (Å²) in [4.78, 5) is 0. The van der Waals surface area contributed by atoms with Gasteiger partial charge in [-0.25, -0.2) is 17.9 Å². The normalized spacial score (nSPS) is 15.5. The van der Waals surface area contributed by atoms with Gasteiger partial charge in [0, 0.05) is 12.5 Å². The van der Waals surface area contributed by atoms with Crippen molar-refractivity contribution in [2.45, 2.75) is 29.8 Å². The number of hydrogen-bond donors (Lipinski definition) is 3. The van der Waals surface area contributed by atoms with Crippen molar-refractivity contribution < 1.29 is 31.4 Å². The molecule has 0 aromatic heterocycles. The van der Waals surface area contributed by atoms with Crippen molar-refractivity contribution >= 4 is 10.0 Å². The first-order valence-corrected chi connectivity index (χ1v) is 11.9. The van der Waals surface area contributed by atoms with Crippen LogP contribution in [-0.4, -0.2) is 32.8 Å². The molecule has 34 heavy (non-hydrogen) atoms. The van der Waals surface area contributed by atoms with Gasteiger partial charge in [0.15, 0.2) is 0 Å². The second-order valence-electron chi connectivity index (χ2n) is 7.79. The molecule has 0 aliphatic heterocycles. The van der Waals surface area contributed by atoms with E-state index in [1.54, 1.807) is 18.2 Å². The highest BCUT2D eigenvalue weighted by molar-refractivity contribution is 7.90. The largest absolute Gasteiger partial charge is 0.435 e. The lowest BCUT2D eigenvalue weighted by Crippen LogP contribution is -2.56. The zero-order valence-corrected chi connectivity index (χ0v) is 18.8. The number of sulfonamides is 1. The van der Waals surface area contributed by atoms with Crippen LogP contribution >= 0.6 is 0 Å². The van der Waals surface area contributed by atoms with Gasteiger partial charge in [0.05, 0.1) is 6.10 Å². The number of rotatable bonds is 10. The third kappa shape index (κ3) is 5.25. The maximum atomic E-state index is 13.5. The Labute approximate surface area is 196 Å². The van der Waals surface area contributed by atoms with Crippen LogP contribution in [0.2, 0.25) is 0 Å². The Morgan fingerprint density at radius 1 is 0.941 bits per heavy atom. The molecule has 0 radical (unpaired) electrons. The van der Waals surface area contributed by atoms with Gasteiger partial charge in [-0.3, -0.25) is 0 Å². The Balaban J connectivity index is 2.28. The minimum Gasteiger partial charge on any atom is -0.435 e. The van der Waals surface area contributed by atoms with E-state index in [-0.39, 0.29) is 17.7 Å². The molecule has 0 fully saturated rings. The van der Waals surface area contributed by atoms with Crippen LogP contribution in [0.1, 0.15) is 22.6 Å². The Hall–Kier alpha value is -2.92. The number of aliphatic hydroxyl groups is 1. The lowest BCUT2D eigenvalue weighted by atomic mass is 9.74. The molecule has 0 heterocycles. The van der Waals surface area contributed by atoms with E-state index >= 15 is 0 Å². The van der Waals surface area contributed by atoms with E-state index < -0.39 is 45.8 Å². The zero-order chi connectivity index (χ0) is 24.9. The summed E-state index contributed by atoms with van der Waals surface area (Å²) in [6.45, 7) is -3.47. The van der Waals surface area contributed by atoms with E-state index in [1.165, 1.54) is 60.7 Å². The van der Waals surface area contributed by atoms with E-state index in [1.807, 2.05) is 0 Å². The van der Waals surface area contributed by atoms with Crippen LogP contribution in [-0.2, 0) is 21.2 Å². The topological polar surface area (TPSA) is 116 Å². The van der Waals surface area contributed by atoms with Crippen LogP contribution in [0.3, 0.4) is 0 Å². The van der Waals surface area contributed by atoms with E-state index in [0.717, 1.165) is 0 Å². The van der Waals surface area contributed by atoms with Gasteiger partial charge in [-0.2, -0.15) is 8.78 Å². The summed E-state index contributed by atoms with van der Waals surface area (Å²) in [6.07, 6.45) is -1.62. The summed E-state index contributed by atoms with van der Waals surface area (Å²) < 4.78 is 67.7. The fraction of sp³-hybridized carbons (Fsp3) is 0.250. The Kier molecular flexibility index (Phi) is 7.98. The number of alkyl halides is 2. The minimum absolute atomic E-state index is 0.0116. The molecular weight excluding hydrogens is 469 g/mol. The van der Waals surface area contributed by atoms with Gasteiger partial charge in [0.25, 0.3) is 0 Å². The van der Waals surface area contributed by atoms with Crippen LogP contribution in [0.15, 0.2) is 78.9 Å². The number of benzene rings is 3. The van der Waals surface area contributed by atoms with Gasteiger partial charge in [-0.1, -0.05) is 54.6 Å². The number of aliphatic hydroxyl groups excluding tert-OH is 1. The number of primary sulfonamides is 1. The highest BCUT2D eigenvalue weighted by atomic mass is 32.2. The van der Waals surface area contributed by atoms with Crippen LogP contribution in [0.4, 0.5) is 13.2 Å². The highest BCUT2D eigenvalue weighted by Crippen LogP contribution is 2.47. The van der Waals surface area contributed by atoms with E-state index in [4.69, 9.17) is 10.9 Å². The SMILES string of the molecule is NCC(O)C(c1ccccc1)(C(Cc1ccc(F)cc1)c1ccc(OC(F)F)cc1)S(N)(=O)=O. The number of nitrogens with two attached hydrogens (primary N) is 2. The van der Waals surface area contributed by atoms with Gasteiger partial charge in [0.2, 0.25) is 10.0 Å². The molecular formula is C24H25F3N2O4S. The first-order valence-electron chi connectivity index (χ1n) is 10.3. The summed E-state index contributed by atoms with van der Waals surface area (Å²) in [7, 11) is -4.55. The van der Waals surface area contributed by atoms with Crippen LogP contribution < -0.4 is 15.6 Å². The lowest BCUT2D eigenvalue weighted by Gasteiger charge is -2.42. The van der Waals surface area contributed by atoms with Gasteiger partial charge in [-0.05, 0) is 47.4 Å². The Morgan fingerprint density at radius 2 is 1.53 bits per heavy atom. The van der Waals surface area contributed by atoms with E-state index in [9.17, 15) is 26.7 Å². The molecule has 0 saturated carbocycles. The molecule has 3 rings (SSSR count). The molecule has 3 aromatic rings. The van der Waals surface area contributed by atoms with E-state index in [0.29, 0.717) is 11.1 Å². The maximum absolute atomic E-state index is 13.5. The van der Waals surface area contributed by atoms with Gasteiger partial charge < -0.3 is 15.6 Å². The summed E-state index contributed by atoms with van der Waals surface area (Å²) in [5.41, 5.74) is 6.92. The van der Waals surface area contributed by atoms with Crippen molar-refractivity contribution in [3.63, 3.8) is 0 Å². The predicted octanol–water partition coefficient (Wildman–Crippen LogP) is 3.26. The quantitative estimate of drug-likeness (QED) is 0.400. The third-order valence-corrected chi connectivity index (χ3v) is 7.53. The van der Waals surface area contributed by atoms with Crippen molar-refractivity contribution in [2.24, 2.45) is 10.9 Å². The Bertz CT molecular complexity index is 1180. The molecule has 3 aromatic carbocycles. The molecule has 0 aliphatic carbocycles. The van der Waals surface area contributed by atoms with Crippen molar-refractivity contribution in [3.05, 3.63) is 101 Å². The molecule has 0 amide bonds. The zero-order valence-electron chi connectivity index (χ0n) is 18.0. The van der Waals surface area contributed by atoms with Crippen LogP contribution in [0, 0.1) is 5.82 Å². The van der Waals surface area contributed by atoms with Gasteiger partial charge in [0.1, 0.15) is 16.3 Å². The number of hydrogen-bond acceptors (Lipinski definition) is 5. The molecule has 3 unspecified atom stereocenters. The van der Waals surface area contributed by atoms with Crippen LogP contribution in [0.25, 0.3) is 0 Å². The standard InChI is InChI=1S/C24H25F3N2O4S/c25-19-10-6-16(7-11-19)14-21(17-8-12-20(13-9-17)33-23(26)27)24(22(30)15-28,34(29,31)32)18-4-2-1-3-5-18/h1-13,21-23,30H,14-15,28H2,(H2,29,31,32). The summed E-state index contributed by atoms with van der Waals surface area (Å²) >= 11 is 0. The van der Waals surface area contributed by atoms with Gasteiger partial charge in [-0.15, -0.1) is 0 Å².